The van der Waals surface area contributed by atoms with Gasteiger partial charge in [0.05, 0.1) is 30.9 Å². The van der Waals surface area contributed by atoms with E-state index in [-0.39, 0.29) is 17.7 Å². The van der Waals surface area contributed by atoms with Crippen LogP contribution in [-0.2, 0) is 18.9 Å². The lowest BCUT2D eigenvalue weighted by molar-refractivity contribution is -0.186. The predicted octanol–water partition coefficient (Wildman–Crippen LogP) is 1.78. The van der Waals surface area contributed by atoms with Crippen LogP contribution in [-0.4, -0.2) is 44.7 Å². The lowest BCUT2D eigenvalue weighted by Crippen LogP contribution is -2.33. The van der Waals surface area contributed by atoms with Gasteiger partial charge in [0.1, 0.15) is 6.61 Å². The van der Waals surface area contributed by atoms with Gasteiger partial charge in [-0.1, -0.05) is 19.1 Å². The van der Waals surface area contributed by atoms with E-state index in [4.69, 9.17) is 18.9 Å². The van der Waals surface area contributed by atoms with E-state index in [0.717, 1.165) is 0 Å². The molecule has 2 rings (SSSR count). The molecule has 1 aromatic carbocycles. The van der Waals surface area contributed by atoms with Gasteiger partial charge in [0, 0.05) is 0 Å². The second-order valence-corrected chi connectivity index (χ2v) is 4.46. The fourth-order valence-electron chi connectivity index (χ4n) is 1.83. The molecule has 1 saturated heterocycles. The number of hydrogen-bond donors (Lipinski definition) is 0. The SMILES string of the molecule is CCCOC(=O)c1ccccc1C(=O)OC1COCCO1. The number of carbonyl (C=O) groups is 2. The Hall–Kier alpha value is -1.92. The fourth-order valence-corrected chi connectivity index (χ4v) is 1.83. The van der Waals surface area contributed by atoms with E-state index in [2.05, 4.69) is 0 Å². The van der Waals surface area contributed by atoms with Crippen molar-refractivity contribution in [3.05, 3.63) is 35.4 Å². The summed E-state index contributed by atoms with van der Waals surface area (Å²) < 4.78 is 20.6. The van der Waals surface area contributed by atoms with Crippen molar-refractivity contribution in [2.45, 2.75) is 19.6 Å². The minimum absolute atomic E-state index is 0.160. The van der Waals surface area contributed by atoms with Gasteiger partial charge in [-0.25, -0.2) is 9.59 Å². The highest BCUT2D eigenvalue weighted by Gasteiger charge is 2.23. The summed E-state index contributed by atoms with van der Waals surface area (Å²) in [6.07, 6.45) is -0.0306. The Labute approximate surface area is 122 Å². The molecule has 0 aromatic heterocycles. The summed E-state index contributed by atoms with van der Waals surface area (Å²) in [4.78, 5) is 24.1. The molecule has 1 unspecified atom stereocenters. The molecule has 0 aliphatic carbocycles. The number of ether oxygens (including phenoxy) is 4. The van der Waals surface area contributed by atoms with E-state index in [1.54, 1.807) is 12.1 Å². The lowest BCUT2D eigenvalue weighted by atomic mass is 10.1. The number of carbonyl (C=O) groups excluding carboxylic acids is 2. The summed E-state index contributed by atoms with van der Waals surface area (Å²) in [5.74, 6) is -1.17. The maximum Gasteiger partial charge on any atom is 0.341 e. The molecule has 0 saturated carbocycles. The molecular formula is C15H18O6. The van der Waals surface area contributed by atoms with Crippen molar-refractivity contribution < 1.29 is 28.5 Å². The highest BCUT2D eigenvalue weighted by molar-refractivity contribution is 6.03. The summed E-state index contributed by atoms with van der Waals surface area (Å²) in [6.45, 7) is 3.25. The van der Waals surface area contributed by atoms with Crippen LogP contribution in [0.5, 0.6) is 0 Å². The van der Waals surface area contributed by atoms with Crippen molar-refractivity contribution in [3.63, 3.8) is 0 Å². The topological polar surface area (TPSA) is 71.1 Å². The molecule has 114 valence electrons. The predicted molar refractivity (Wildman–Crippen MR) is 73.0 cm³/mol. The maximum absolute atomic E-state index is 12.1. The zero-order valence-corrected chi connectivity index (χ0v) is 11.9. The van der Waals surface area contributed by atoms with Crippen LogP contribution < -0.4 is 0 Å². The van der Waals surface area contributed by atoms with E-state index in [1.807, 2.05) is 6.92 Å². The summed E-state index contributed by atoms with van der Waals surface area (Å²) in [7, 11) is 0. The Kier molecular flexibility index (Phi) is 5.71. The second-order valence-electron chi connectivity index (χ2n) is 4.46. The van der Waals surface area contributed by atoms with Crippen LogP contribution in [0.25, 0.3) is 0 Å². The standard InChI is InChI=1S/C15H18O6/c1-2-7-20-14(16)11-5-3-4-6-12(11)15(17)21-13-10-18-8-9-19-13/h3-6,13H,2,7-10H2,1H3. The Morgan fingerprint density at radius 3 is 2.52 bits per heavy atom. The fraction of sp³-hybridized carbons (Fsp3) is 0.467. The van der Waals surface area contributed by atoms with Gasteiger partial charge < -0.3 is 18.9 Å². The summed E-state index contributed by atoms with van der Waals surface area (Å²) >= 11 is 0. The first-order chi connectivity index (χ1) is 10.2. The van der Waals surface area contributed by atoms with E-state index >= 15 is 0 Å². The Bertz CT molecular complexity index is 493. The Balaban J connectivity index is 2.07. The normalized spacial score (nSPS) is 18.0. The molecule has 0 bridgehead atoms. The largest absolute Gasteiger partial charge is 0.462 e. The minimum atomic E-state index is -0.744. The Morgan fingerprint density at radius 2 is 1.90 bits per heavy atom. The van der Waals surface area contributed by atoms with E-state index in [0.29, 0.717) is 26.2 Å². The van der Waals surface area contributed by atoms with Gasteiger partial charge >= 0.3 is 11.9 Å². The number of rotatable bonds is 5. The molecule has 1 atom stereocenters. The van der Waals surface area contributed by atoms with Crippen molar-refractivity contribution in [2.75, 3.05) is 26.4 Å². The van der Waals surface area contributed by atoms with Crippen molar-refractivity contribution >= 4 is 11.9 Å². The van der Waals surface area contributed by atoms with Gasteiger partial charge in [0.25, 0.3) is 0 Å². The van der Waals surface area contributed by atoms with Gasteiger partial charge in [0.15, 0.2) is 0 Å². The van der Waals surface area contributed by atoms with Gasteiger partial charge in [-0.15, -0.1) is 0 Å². The molecule has 0 radical (unpaired) electrons. The van der Waals surface area contributed by atoms with Crippen LogP contribution >= 0.6 is 0 Å². The van der Waals surface area contributed by atoms with Crippen LogP contribution in [0.1, 0.15) is 34.1 Å². The zero-order valence-electron chi connectivity index (χ0n) is 11.9. The third-order valence-electron chi connectivity index (χ3n) is 2.83. The van der Waals surface area contributed by atoms with Crippen molar-refractivity contribution in [2.24, 2.45) is 0 Å². The second kappa shape index (κ2) is 7.75. The Morgan fingerprint density at radius 1 is 1.19 bits per heavy atom. The monoisotopic (exact) mass is 294 g/mol. The molecule has 0 amide bonds. The molecule has 6 nitrogen and oxygen atoms in total. The maximum atomic E-state index is 12.1. The minimum Gasteiger partial charge on any atom is -0.462 e. The average molecular weight is 294 g/mol. The summed E-state index contributed by atoms with van der Waals surface area (Å²) in [6, 6.07) is 6.38. The van der Waals surface area contributed by atoms with Gasteiger partial charge in [-0.05, 0) is 18.6 Å². The van der Waals surface area contributed by atoms with Crippen molar-refractivity contribution in [3.8, 4) is 0 Å². The highest BCUT2D eigenvalue weighted by Crippen LogP contribution is 2.14. The molecule has 0 N–H and O–H groups in total. The molecule has 1 aromatic rings. The van der Waals surface area contributed by atoms with Crippen molar-refractivity contribution in [1.82, 2.24) is 0 Å². The average Bonchev–Trinajstić information content (AvgIpc) is 2.53. The first-order valence-electron chi connectivity index (χ1n) is 6.89. The number of benzene rings is 1. The van der Waals surface area contributed by atoms with Crippen molar-refractivity contribution in [1.29, 1.82) is 0 Å². The van der Waals surface area contributed by atoms with Gasteiger partial charge in [-0.3, -0.25) is 0 Å². The first-order valence-corrected chi connectivity index (χ1v) is 6.89. The third-order valence-corrected chi connectivity index (χ3v) is 2.83. The smallest absolute Gasteiger partial charge is 0.341 e. The molecule has 6 heteroatoms. The lowest BCUT2D eigenvalue weighted by Gasteiger charge is -2.22. The van der Waals surface area contributed by atoms with Crippen LogP contribution in [0, 0.1) is 0 Å². The number of esters is 2. The number of hydrogen-bond acceptors (Lipinski definition) is 6. The molecular weight excluding hydrogens is 276 g/mol. The molecule has 0 spiro atoms. The van der Waals surface area contributed by atoms with Crippen LogP contribution in [0.3, 0.4) is 0 Å². The van der Waals surface area contributed by atoms with Gasteiger partial charge in [0.2, 0.25) is 6.29 Å². The molecule has 1 aliphatic rings. The first kappa shape index (κ1) is 15.5. The third kappa shape index (κ3) is 4.27. The zero-order chi connectivity index (χ0) is 15.1. The summed E-state index contributed by atoms with van der Waals surface area (Å²) in [5.41, 5.74) is 0.348. The van der Waals surface area contributed by atoms with Crippen LogP contribution in [0.2, 0.25) is 0 Å². The van der Waals surface area contributed by atoms with Crippen LogP contribution in [0.15, 0.2) is 24.3 Å². The highest BCUT2D eigenvalue weighted by atomic mass is 16.7. The molecule has 1 aliphatic heterocycles. The van der Waals surface area contributed by atoms with E-state index in [9.17, 15) is 9.59 Å². The molecule has 1 heterocycles. The molecule has 21 heavy (non-hydrogen) atoms. The summed E-state index contributed by atoms with van der Waals surface area (Å²) in [5, 5.41) is 0. The van der Waals surface area contributed by atoms with E-state index in [1.165, 1.54) is 12.1 Å². The van der Waals surface area contributed by atoms with E-state index < -0.39 is 18.2 Å². The van der Waals surface area contributed by atoms with Gasteiger partial charge in [-0.2, -0.15) is 0 Å². The molecule has 1 fully saturated rings. The quantitative estimate of drug-likeness (QED) is 0.771. The van der Waals surface area contributed by atoms with Crippen LogP contribution in [0.4, 0.5) is 0 Å².